The predicted molar refractivity (Wildman–Crippen MR) is 89.2 cm³/mol. The molecular formula is C19H29NO2. The van der Waals surface area contributed by atoms with Crippen molar-refractivity contribution in [2.45, 2.75) is 64.7 Å². The van der Waals surface area contributed by atoms with Crippen LogP contribution in [-0.2, 0) is 9.59 Å². The molecule has 3 nitrogen and oxygen atoms in total. The minimum absolute atomic E-state index is 0.0298. The Morgan fingerprint density at radius 2 is 1.64 bits per heavy atom. The number of rotatable bonds is 8. The highest BCUT2D eigenvalue weighted by atomic mass is 16.1. The summed E-state index contributed by atoms with van der Waals surface area (Å²) >= 11 is 0. The maximum Gasteiger partial charge on any atom is 0.148 e. The zero-order valence-corrected chi connectivity index (χ0v) is 13.8. The summed E-state index contributed by atoms with van der Waals surface area (Å²) in [6, 6.07) is 0. The smallest absolute Gasteiger partial charge is 0.148 e. The summed E-state index contributed by atoms with van der Waals surface area (Å²) in [6.45, 7) is 3.09. The van der Waals surface area contributed by atoms with Crippen LogP contribution < -0.4 is 0 Å². The van der Waals surface area contributed by atoms with Crippen molar-refractivity contribution in [2.24, 2.45) is 11.8 Å². The molecule has 0 bridgehead atoms. The van der Waals surface area contributed by atoms with Gasteiger partial charge in [-0.3, -0.25) is 9.59 Å². The second-order valence-electron chi connectivity index (χ2n) is 6.67. The van der Waals surface area contributed by atoms with Crippen LogP contribution in [0.4, 0.5) is 0 Å². The fourth-order valence-corrected chi connectivity index (χ4v) is 3.84. The summed E-state index contributed by atoms with van der Waals surface area (Å²) in [4.78, 5) is 25.2. The van der Waals surface area contributed by atoms with Gasteiger partial charge in [0, 0.05) is 36.0 Å². The summed E-state index contributed by atoms with van der Waals surface area (Å²) in [5.41, 5.74) is 1.60. The van der Waals surface area contributed by atoms with Crippen molar-refractivity contribution in [1.29, 1.82) is 0 Å². The number of allylic oxidation sites excluding steroid dienone is 2. The lowest BCUT2D eigenvalue weighted by atomic mass is 9.73. The van der Waals surface area contributed by atoms with Gasteiger partial charge in [0.1, 0.15) is 12.6 Å². The van der Waals surface area contributed by atoms with E-state index in [1.165, 1.54) is 38.5 Å². The first-order valence-corrected chi connectivity index (χ1v) is 8.89. The zero-order chi connectivity index (χ0) is 15.8. The second kappa shape index (κ2) is 8.92. The van der Waals surface area contributed by atoms with Crippen LogP contribution in [0, 0.1) is 11.8 Å². The van der Waals surface area contributed by atoms with Crippen molar-refractivity contribution < 1.29 is 9.59 Å². The van der Waals surface area contributed by atoms with Gasteiger partial charge >= 0.3 is 0 Å². The molecule has 1 aliphatic heterocycles. The third-order valence-electron chi connectivity index (χ3n) is 5.01. The quantitative estimate of drug-likeness (QED) is 0.497. The Hall–Kier alpha value is -1.38. The van der Waals surface area contributed by atoms with Gasteiger partial charge < -0.3 is 4.90 Å². The highest BCUT2D eigenvalue weighted by molar-refractivity contribution is 5.83. The maximum absolute atomic E-state index is 11.6. The normalized spacial score (nSPS) is 20.5. The van der Waals surface area contributed by atoms with Gasteiger partial charge in [0.2, 0.25) is 0 Å². The Balaban J connectivity index is 2.06. The third-order valence-corrected chi connectivity index (χ3v) is 5.01. The van der Waals surface area contributed by atoms with E-state index in [1.54, 1.807) is 0 Å². The van der Waals surface area contributed by atoms with Crippen molar-refractivity contribution in [3.63, 3.8) is 0 Å². The van der Waals surface area contributed by atoms with E-state index in [9.17, 15) is 9.59 Å². The van der Waals surface area contributed by atoms with Gasteiger partial charge in [0.05, 0.1) is 0 Å². The van der Waals surface area contributed by atoms with Crippen LogP contribution in [0.5, 0.6) is 0 Å². The van der Waals surface area contributed by atoms with E-state index in [0.717, 1.165) is 49.5 Å². The average molecular weight is 303 g/mol. The SMILES string of the molecule is CCCCCCN1C=C(C=O)C(C2CCCCC2)C(C=O)=C1. The highest BCUT2D eigenvalue weighted by Crippen LogP contribution is 2.39. The van der Waals surface area contributed by atoms with Crippen LogP contribution in [0.2, 0.25) is 0 Å². The molecule has 0 spiro atoms. The molecule has 0 amide bonds. The molecule has 0 aromatic rings. The summed E-state index contributed by atoms with van der Waals surface area (Å²) in [7, 11) is 0. The van der Waals surface area contributed by atoms with E-state index in [2.05, 4.69) is 6.92 Å². The number of carbonyl (C=O) groups excluding carboxylic acids is 2. The standard InChI is InChI=1S/C19H29NO2/c1-2-3-4-8-11-20-12-17(14-21)19(18(13-20)15-22)16-9-6-5-7-10-16/h12-16,19H,2-11H2,1H3. The lowest BCUT2D eigenvalue weighted by molar-refractivity contribution is -0.106. The van der Waals surface area contributed by atoms with E-state index in [-0.39, 0.29) is 5.92 Å². The van der Waals surface area contributed by atoms with Gasteiger partial charge in [0.15, 0.2) is 0 Å². The van der Waals surface area contributed by atoms with Gasteiger partial charge in [-0.2, -0.15) is 0 Å². The molecule has 2 aliphatic rings. The highest BCUT2D eigenvalue weighted by Gasteiger charge is 2.32. The first kappa shape index (κ1) is 17.0. The average Bonchev–Trinajstić information content (AvgIpc) is 2.58. The molecule has 0 atom stereocenters. The lowest BCUT2D eigenvalue weighted by Gasteiger charge is -2.35. The van der Waals surface area contributed by atoms with Crippen LogP contribution in [-0.4, -0.2) is 24.0 Å². The monoisotopic (exact) mass is 303 g/mol. The van der Waals surface area contributed by atoms with Crippen molar-refractivity contribution in [1.82, 2.24) is 4.90 Å². The first-order valence-electron chi connectivity index (χ1n) is 8.89. The summed E-state index contributed by atoms with van der Waals surface area (Å²) in [6.07, 6.45) is 16.7. The first-order chi connectivity index (χ1) is 10.8. The van der Waals surface area contributed by atoms with Gasteiger partial charge in [-0.15, -0.1) is 0 Å². The minimum Gasteiger partial charge on any atom is -0.353 e. The Labute approximate surface area is 134 Å². The van der Waals surface area contributed by atoms with E-state index >= 15 is 0 Å². The number of aldehydes is 2. The number of hydrogen-bond donors (Lipinski definition) is 0. The number of hydrogen-bond acceptors (Lipinski definition) is 3. The molecule has 0 saturated heterocycles. The van der Waals surface area contributed by atoms with Gasteiger partial charge in [-0.05, 0) is 25.2 Å². The van der Waals surface area contributed by atoms with E-state index < -0.39 is 0 Å². The van der Waals surface area contributed by atoms with Crippen LogP contribution in [0.3, 0.4) is 0 Å². The molecule has 0 unspecified atom stereocenters. The molecule has 1 fully saturated rings. The molecular weight excluding hydrogens is 274 g/mol. The van der Waals surface area contributed by atoms with E-state index in [0.29, 0.717) is 5.92 Å². The molecule has 0 aromatic heterocycles. The van der Waals surface area contributed by atoms with Crippen molar-refractivity contribution in [3.05, 3.63) is 23.5 Å². The Kier molecular flexibility index (Phi) is 6.88. The van der Waals surface area contributed by atoms with Crippen molar-refractivity contribution in [3.8, 4) is 0 Å². The van der Waals surface area contributed by atoms with Gasteiger partial charge in [0.25, 0.3) is 0 Å². The Morgan fingerprint density at radius 1 is 1.00 bits per heavy atom. The zero-order valence-electron chi connectivity index (χ0n) is 13.8. The predicted octanol–water partition coefficient (Wildman–Crippen LogP) is 4.24. The summed E-state index contributed by atoms with van der Waals surface area (Å²) in [5.74, 6) is 0.492. The lowest BCUT2D eigenvalue weighted by Crippen LogP contribution is -2.29. The van der Waals surface area contributed by atoms with Gasteiger partial charge in [-0.25, -0.2) is 0 Å². The summed E-state index contributed by atoms with van der Waals surface area (Å²) < 4.78 is 0. The van der Waals surface area contributed by atoms with E-state index in [1.807, 2.05) is 17.3 Å². The van der Waals surface area contributed by atoms with Crippen molar-refractivity contribution in [2.75, 3.05) is 6.54 Å². The van der Waals surface area contributed by atoms with Gasteiger partial charge in [-0.1, -0.05) is 45.4 Å². The third kappa shape index (κ3) is 4.31. The molecule has 0 radical (unpaired) electrons. The second-order valence-corrected chi connectivity index (χ2v) is 6.67. The molecule has 1 saturated carbocycles. The fraction of sp³-hybridized carbons (Fsp3) is 0.684. The summed E-state index contributed by atoms with van der Waals surface area (Å²) in [5, 5.41) is 0. The van der Waals surface area contributed by atoms with E-state index in [4.69, 9.17) is 0 Å². The molecule has 1 heterocycles. The molecule has 3 heteroatoms. The molecule has 1 aliphatic carbocycles. The van der Waals surface area contributed by atoms with Crippen LogP contribution in [0.1, 0.15) is 64.7 Å². The van der Waals surface area contributed by atoms with Crippen molar-refractivity contribution >= 4 is 12.6 Å². The van der Waals surface area contributed by atoms with Crippen LogP contribution >= 0.6 is 0 Å². The molecule has 0 N–H and O–H groups in total. The van der Waals surface area contributed by atoms with Crippen LogP contribution in [0.15, 0.2) is 23.5 Å². The largest absolute Gasteiger partial charge is 0.353 e. The molecule has 0 aromatic carbocycles. The number of carbonyl (C=O) groups is 2. The maximum atomic E-state index is 11.6. The Bertz CT molecular complexity index is 407. The van der Waals surface area contributed by atoms with Crippen LogP contribution in [0.25, 0.3) is 0 Å². The minimum atomic E-state index is 0.0298. The fourth-order valence-electron chi connectivity index (χ4n) is 3.84. The topological polar surface area (TPSA) is 37.4 Å². The molecule has 22 heavy (non-hydrogen) atoms. The number of unbranched alkanes of at least 4 members (excludes halogenated alkanes) is 3. The molecule has 122 valence electrons. The number of nitrogens with zero attached hydrogens (tertiary/aromatic N) is 1. The molecule has 2 rings (SSSR count). The Morgan fingerprint density at radius 3 is 2.18 bits per heavy atom.